The third-order valence-corrected chi connectivity index (χ3v) is 7.13. The second-order valence-corrected chi connectivity index (χ2v) is 10.5. The van der Waals surface area contributed by atoms with Crippen LogP contribution in [0.2, 0.25) is 10.0 Å². The van der Waals surface area contributed by atoms with Gasteiger partial charge in [-0.15, -0.1) is 0 Å². The number of hydrogen-bond donors (Lipinski definition) is 2. The van der Waals surface area contributed by atoms with Crippen LogP contribution in [0.3, 0.4) is 0 Å². The van der Waals surface area contributed by atoms with Gasteiger partial charge in [-0.25, -0.2) is 9.98 Å². The molecule has 0 atom stereocenters. The number of aliphatic imine (C=N–C) groups is 2. The zero-order valence-electron chi connectivity index (χ0n) is 19.9. The quantitative estimate of drug-likeness (QED) is 0.105. The summed E-state index contributed by atoms with van der Waals surface area (Å²) in [4.78, 5) is 9.40. The van der Waals surface area contributed by atoms with E-state index >= 15 is 0 Å². The lowest BCUT2D eigenvalue weighted by molar-refractivity contribution is 1.05. The van der Waals surface area contributed by atoms with E-state index in [9.17, 15) is 0 Å². The van der Waals surface area contributed by atoms with Crippen LogP contribution in [0.4, 0.5) is 11.4 Å². The van der Waals surface area contributed by atoms with Crippen molar-refractivity contribution in [2.24, 2.45) is 20.2 Å². The van der Waals surface area contributed by atoms with E-state index in [2.05, 4.69) is 21.1 Å². The minimum Gasteiger partial charge on any atom is -0.255 e. The molecule has 2 N–H and O–H groups in total. The number of para-hydroxylation sites is 2. The largest absolute Gasteiger partial charge is 0.255 e. The maximum absolute atomic E-state index is 5.97. The van der Waals surface area contributed by atoms with Gasteiger partial charge in [-0.05, 0) is 81.2 Å². The fraction of sp³-hybridized carbons (Fsp3) is 0. The second kappa shape index (κ2) is 15.0. The standard InChI is InChI=1S/C28H22Cl2N6S2/c29-23-15-11-21(12-16-23)19-31-35-27(33-25-7-3-1-4-8-25)37-38-28(34-26-9-5-2-6-10-26)36-32-20-22-13-17-24(30)18-14-22/h1-20H,(H,33,35)(H,34,36)/b31-19+,32-20+. The Balaban J connectivity index is 1.50. The molecular formula is C28H22Cl2N6S2. The summed E-state index contributed by atoms with van der Waals surface area (Å²) in [6.07, 6.45) is 3.41. The third kappa shape index (κ3) is 9.72. The van der Waals surface area contributed by atoms with Crippen molar-refractivity contribution in [2.45, 2.75) is 0 Å². The number of benzene rings is 4. The van der Waals surface area contributed by atoms with Crippen molar-refractivity contribution in [3.05, 3.63) is 130 Å². The summed E-state index contributed by atoms with van der Waals surface area (Å²) in [7, 11) is 2.73. The Morgan fingerprint density at radius 2 is 0.895 bits per heavy atom. The highest BCUT2D eigenvalue weighted by molar-refractivity contribution is 8.87. The van der Waals surface area contributed by atoms with Gasteiger partial charge in [-0.1, -0.05) is 83.9 Å². The van der Waals surface area contributed by atoms with Crippen LogP contribution in [0.15, 0.2) is 129 Å². The van der Waals surface area contributed by atoms with Crippen molar-refractivity contribution < 1.29 is 0 Å². The molecular weight excluding hydrogens is 555 g/mol. The number of amidine groups is 2. The van der Waals surface area contributed by atoms with Crippen LogP contribution in [0.5, 0.6) is 0 Å². The van der Waals surface area contributed by atoms with Gasteiger partial charge in [0.2, 0.25) is 0 Å². The lowest BCUT2D eigenvalue weighted by Gasteiger charge is -2.07. The van der Waals surface area contributed by atoms with Crippen LogP contribution in [-0.2, 0) is 0 Å². The molecule has 0 bridgehead atoms. The fourth-order valence-electron chi connectivity index (χ4n) is 2.86. The summed E-state index contributed by atoms with van der Waals surface area (Å²) in [5.41, 5.74) is 9.46. The Morgan fingerprint density at radius 3 is 1.26 bits per heavy atom. The van der Waals surface area contributed by atoms with E-state index in [0.29, 0.717) is 20.4 Å². The summed E-state index contributed by atoms with van der Waals surface area (Å²) >= 11 is 11.9. The minimum absolute atomic E-state index is 0.565. The molecule has 0 fully saturated rings. The highest BCUT2D eigenvalue weighted by Gasteiger charge is 2.07. The van der Waals surface area contributed by atoms with E-state index in [-0.39, 0.29) is 0 Å². The van der Waals surface area contributed by atoms with E-state index < -0.39 is 0 Å². The van der Waals surface area contributed by atoms with E-state index in [4.69, 9.17) is 33.2 Å². The van der Waals surface area contributed by atoms with Gasteiger partial charge < -0.3 is 0 Å². The molecule has 0 saturated heterocycles. The van der Waals surface area contributed by atoms with E-state index in [1.54, 1.807) is 12.4 Å². The van der Waals surface area contributed by atoms with Gasteiger partial charge in [0.15, 0.2) is 10.3 Å². The molecule has 0 heterocycles. The monoisotopic (exact) mass is 576 g/mol. The van der Waals surface area contributed by atoms with Crippen molar-refractivity contribution in [1.29, 1.82) is 0 Å². The van der Waals surface area contributed by atoms with Gasteiger partial charge in [0.05, 0.1) is 23.8 Å². The molecule has 0 aliphatic rings. The Hall–Kier alpha value is -3.56. The molecule has 4 aromatic rings. The molecule has 0 radical (unpaired) electrons. The van der Waals surface area contributed by atoms with Crippen molar-refractivity contribution in [2.75, 3.05) is 0 Å². The van der Waals surface area contributed by atoms with Gasteiger partial charge in [0.1, 0.15) is 0 Å². The number of nitrogens with zero attached hydrogens (tertiary/aromatic N) is 4. The lowest BCUT2D eigenvalue weighted by Crippen LogP contribution is -2.16. The number of hydrogen-bond acceptors (Lipinski definition) is 6. The third-order valence-electron chi connectivity index (χ3n) is 4.66. The number of nitrogens with one attached hydrogen (secondary N) is 2. The van der Waals surface area contributed by atoms with Gasteiger partial charge >= 0.3 is 0 Å². The smallest absolute Gasteiger partial charge is 0.193 e. The molecule has 0 aliphatic carbocycles. The molecule has 190 valence electrons. The van der Waals surface area contributed by atoms with Crippen LogP contribution in [-0.4, -0.2) is 22.8 Å². The van der Waals surface area contributed by atoms with Gasteiger partial charge in [0.25, 0.3) is 0 Å². The molecule has 10 heteroatoms. The average molecular weight is 578 g/mol. The molecule has 4 aromatic carbocycles. The molecule has 0 unspecified atom stereocenters. The van der Waals surface area contributed by atoms with Crippen LogP contribution in [0.1, 0.15) is 11.1 Å². The molecule has 4 rings (SSSR count). The highest BCUT2D eigenvalue weighted by Crippen LogP contribution is 2.27. The number of hydrazone groups is 2. The molecule has 6 nitrogen and oxygen atoms in total. The first kappa shape index (κ1) is 27.5. The minimum atomic E-state index is 0.565. The first-order chi connectivity index (χ1) is 18.6. The summed E-state index contributed by atoms with van der Waals surface area (Å²) < 4.78 is 0. The SMILES string of the molecule is Clc1ccc(/C=N/NC(=Nc2ccccc2)SSC(=Nc2ccccc2)N/N=C/c2ccc(Cl)cc2)cc1. The van der Waals surface area contributed by atoms with Crippen LogP contribution >= 0.6 is 44.8 Å². The number of halogens is 2. The molecule has 0 aliphatic heterocycles. The summed E-state index contributed by atoms with van der Waals surface area (Å²) in [5, 5.41) is 11.2. The Labute approximate surface area is 239 Å². The zero-order chi connectivity index (χ0) is 26.4. The van der Waals surface area contributed by atoms with Gasteiger partial charge in [-0.2, -0.15) is 10.2 Å². The van der Waals surface area contributed by atoms with Crippen molar-refractivity contribution in [1.82, 2.24) is 10.9 Å². The van der Waals surface area contributed by atoms with Crippen LogP contribution in [0, 0.1) is 0 Å². The summed E-state index contributed by atoms with van der Waals surface area (Å²) in [6, 6.07) is 34.1. The highest BCUT2D eigenvalue weighted by atomic mass is 35.5. The first-order valence-electron chi connectivity index (χ1n) is 11.4. The lowest BCUT2D eigenvalue weighted by atomic mass is 10.2. The Bertz CT molecular complexity index is 1300. The van der Waals surface area contributed by atoms with E-state index in [1.165, 1.54) is 21.6 Å². The second-order valence-electron chi connectivity index (χ2n) is 7.51. The Morgan fingerprint density at radius 1 is 0.526 bits per heavy atom. The van der Waals surface area contributed by atoms with Crippen LogP contribution < -0.4 is 10.9 Å². The molecule has 38 heavy (non-hydrogen) atoms. The van der Waals surface area contributed by atoms with Crippen LogP contribution in [0.25, 0.3) is 0 Å². The maximum atomic E-state index is 5.97. The normalized spacial score (nSPS) is 12.3. The summed E-state index contributed by atoms with van der Waals surface area (Å²) in [6.45, 7) is 0. The first-order valence-corrected chi connectivity index (χ1v) is 14.3. The van der Waals surface area contributed by atoms with Crippen molar-refractivity contribution in [3.8, 4) is 0 Å². The predicted octanol–water partition coefficient (Wildman–Crippen LogP) is 8.30. The van der Waals surface area contributed by atoms with Crippen molar-refractivity contribution in [3.63, 3.8) is 0 Å². The molecule has 0 amide bonds. The molecule has 0 aromatic heterocycles. The fourth-order valence-corrected chi connectivity index (χ4v) is 4.66. The zero-order valence-corrected chi connectivity index (χ0v) is 23.1. The summed E-state index contributed by atoms with van der Waals surface area (Å²) in [5.74, 6) is 0. The van der Waals surface area contributed by atoms with Gasteiger partial charge in [-0.3, -0.25) is 10.9 Å². The van der Waals surface area contributed by atoms with Gasteiger partial charge in [0, 0.05) is 10.0 Å². The average Bonchev–Trinajstić information content (AvgIpc) is 2.94. The van der Waals surface area contributed by atoms with Crippen molar-refractivity contribution >= 4 is 78.9 Å². The molecule has 0 spiro atoms. The Kier molecular flexibility index (Phi) is 10.8. The molecule has 0 saturated carbocycles. The topological polar surface area (TPSA) is 73.5 Å². The van der Waals surface area contributed by atoms with E-state index in [1.807, 2.05) is 109 Å². The van der Waals surface area contributed by atoms with E-state index in [0.717, 1.165) is 22.5 Å². The maximum Gasteiger partial charge on any atom is 0.193 e. The predicted molar refractivity (Wildman–Crippen MR) is 167 cm³/mol. The number of rotatable bonds is 6.